The molecule has 3 rings (SSSR count). The number of aromatic hydroxyl groups is 1. The maximum Gasteiger partial charge on any atom is 0.225 e. The topological polar surface area (TPSA) is 122 Å². The number of hydrogen-bond donors (Lipinski definition) is 4. The SMILES string of the molecule is COC(C[C@H]1CNC[C@@H](CC(C)(CO)C(N)=O)[C@H]1c1cccc(F)c1C)C(=O)c1cccc(O)c1. The third-order valence-electron chi connectivity index (χ3n) is 7.38. The molecule has 5 N–H and O–H groups in total. The van der Waals surface area contributed by atoms with E-state index < -0.39 is 24.0 Å². The molecule has 1 aliphatic rings. The number of aliphatic hydroxyl groups is 1. The normalized spacial score (nSPS) is 22.8. The van der Waals surface area contributed by atoms with Gasteiger partial charge in [-0.25, -0.2) is 4.39 Å². The van der Waals surface area contributed by atoms with Gasteiger partial charge < -0.3 is 26.0 Å². The van der Waals surface area contributed by atoms with Gasteiger partial charge in [-0.2, -0.15) is 0 Å². The van der Waals surface area contributed by atoms with Gasteiger partial charge in [0.25, 0.3) is 0 Å². The first-order chi connectivity index (χ1) is 16.6. The summed E-state index contributed by atoms with van der Waals surface area (Å²) in [5.41, 5.74) is 6.17. The zero-order chi connectivity index (χ0) is 25.8. The van der Waals surface area contributed by atoms with E-state index in [0.29, 0.717) is 37.1 Å². The van der Waals surface area contributed by atoms with Crippen molar-refractivity contribution in [1.82, 2.24) is 5.32 Å². The van der Waals surface area contributed by atoms with E-state index in [4.69, 9.17) is 10.5 Å². The Hall–Kier alpha value is -2.81. The number of carbonyl (C=O) groups excluding carboxylic acids is 2. The van der Waals surface area contributed by atoms with Gasteiger partial charge in [-0.05, 0) is 86.9 Å². The molecule has 35 heavy (non-hydrogen) atoms. The minimum Gasteiger partial charge on any atom is -0.508 e. The van der Waals surface area contributed by atoms with Gasteiger partial charge in [0.15, 0.2) is 5.78 Å². The Bertz CT molecular complexity index is 1060. The van der Waals surface area contributed by atoms with Gasteiger partial charge in [0, 0.05) is 12.7 Å². The number of benzene rings is 2. The Morgan fingerprint density at radius 2 is 1.91 bits per heavy atom. The minimum absolute atomic E-state index is 0.00639. The number of phenolic OH excluding ortho intramolecular Hbond substituents is 1. The maximum atomic E-state index is 14.6. The predicted octanol–water partition coefficient (Wildman–Crippen LogP) is 2.92. The molecule has 2 aromatic carbocycles. The quantitative estimate of drug-likeness (QED) is 0.383. The summed E-state index contributed by atoms with van der Waals surface area (Å²) in [6.07, 6.45) is -0.123. The van der Waals surface area contributed by atoms with E-state index in [9.17, 15) is 24.2 Å². The van der Waals surface area contributed by atoms with Gasteiger partial charge >= 0.3 is 0 Å². The van der Waals surface area contributed by atoms with Crippen LogP contribution in [0, 0.1) is 30.0 Å². The van der Waals surface area contributed by atoms with E-state index in [2.05, 4.69) is 5.32 Å². The zero-order valence-electron chi connectivity index (χ0n) is 20.5. The molecule has 7 nitrogen and oxygen atoms in total. The number of Topliss-reactive ketones (excluding diaryl/α,β-unsaturated/α-hetero) is 1. The van der Waals surface area contributed by atoms with Crippen LogP contribution in [0.2, 0.25) is 0 Å². The molecule has 0 radical (unpaired) electrons. The molecule has 1 amide bonds. The van der Waals surface area contributed by atoms with E-state index in [0.717, 1.165) is 5.56 Å². The fourth-order valence-corrected chi connectivity index (χ4v) is 5.27. The number of rotatable bonds is 10. The lowest BCUT2D eigenvalue weighted by Gasteiger charge is -2.43. The number of nitrogens with two attached hydrogens (primary N) is 1. The van der Waals surface area contributed by atoms with E-state index >= 15 is 0 Å². The highest BCUT2D eigenvalue weighted by atomic mass is 19.1. The monoisotopic (exact) mass is 486 g/mol. The summed E-state index contributed by atoms with van der Waals surface area (Å²) in [6.45, 7) is 4.09. The van der Waals surface area contributed by atoms with Crippen LogP contribution in [0.3, 0.4) is 0 Å². The molecule has 0 bridgehead atoms. The Balaban J connectivity index is 1.98. The molecule has 0 aliphatic carbocycles. The summed E-state index contributed by atoms with van der Waals surface area (Å²) in [6, 6.07) is 11.1. The van der Waals surface area contributed by atoms with Gasteiger partial charge in [0.1, 0.15) is 17.7 Å². The summed E-state index contributed by atoms with van der Waals surface area (Å²) >= 11 is 0. The molecule has 5 atom stereocenters. The predicted molar refractivity (Wildman–Crippen MR) is 131 cm³/mol. The number of piperidine rings is 1. The first-order valence-electron chi connectivity index (χ1n) is 11.8. The molecule has 8 heteroatoms. The first kappa shape index (κ1) is 26.8. The molecule has 190 valence electrons. The van der Waals surface area contributed by atoms with Gasteiger partial charge in [-0.15, -0.1) is 0 Å². The maximum absolute atomic E-state index is 14.6. The van der Waals surface area contributed by atoms with Gasteiger partial charge in [0.05, 0.1) is 12.0 Å². The molecular weight excluding hydrogens is 451 g/mol. The van der Waals surface area contributed by atoms with E-state index in [1.54, 1.807) is 32.0 Å². The van der Waals surface area contributed by atoms with Gasteiger partial charge in [-0.3, -0.25) is 9.59 Å². The number of methoxy groups -OCH3 is 1. The number of phenols is 1. The molecule has 0 aromatic heterocycles. The van der Waals surface area contributed by atoms with Crippen LogP contribution in [0.5, 0.6) is 5.75 Å². The lowest BCUT2D eigenvalue weighted by molar-refractivity contribution is -0.130. The Labute approximate surface area is 205 Å². The van der Waals surface area contributed by atoms with Gasteiger partial charge in [0.2, 0.25) is 5.91 Å². The number of carbonyl (C=O) groups is 2. The fraction of sp³-hybridized carbons (Fsp3) is 0.481. The van der Waals surface area contributed by atoms with Crippen molar-refractivity contribution >= 4 is 11.7 Å². The molecule has 1 aliphatic heterocycles. The van der Waals surface area contributed by atoms with Crippen LogP contribution in [-0.2, 0) is 9.53 Å². The standard InChI is InChI=1S/C27H35FN2O5/c1-16-21(8-5-9-22(16)28)24-18(13-30-14-19(24)12-27(2,15-31)26(29)34)11-23(35-3)25(33)17-6-4-7-20(32)10-17/h4-10,18-19,23-24,30-32H,11-15H2,1-3H3,(H2,29,34)/t18-,19+,23?,24-,27?/m0/s1. The number of aliphatic hydroxyl groups excluding tert-OH is 1. The van der Waals surface area contributed by atoms with E-state index in [-0.39, 0.29) is 35.1 Å². The zero-order valence-corrected chi connectivity index (χ0v) is 20.5. The van der Waals surface area contributed by atoms with E-state index in [1.807, 2.05) is 6.07 Å². The second-order valence-corrected chi connectivity index (χ2v) is 9.82. The highest BCUT2D eigenvalue weighted by Gasteiger charge is 2.42. The summed E-state index contributed by atoms with van der Waals surface area (Å²) in [5, 5.41) is 23.1. The number of hydrogen-bond acceptors (Lipinski definition) is 6. The Morgan fingerprint density at radius 3 is 2.54 bits per heavy atom. The lowest BCUT2D eigenvalue weighted by Crippen LogP contribution is -2.48. The van der Waals surface area contributed by atoms with Crippen molar-refractivity contribution in [1.29, 1.82) is 0 Å². The van der Waals surface area contributed by atoms with Crippen LogP contribution in [0.4, 0.5) is 4.39 Å². The van der Waals surface area contributed by atoms with Crippen LogP contribution in [0.25, 0.3) is 0 Å². The number of halogens is 1. The van der Waals surface area contributed by atoms with Crippen LogP contribution in [0.1, 0.15) is 47.2 Å². The summed E-state index contributed by atoms with van der Waals surface area (Å²) < 4.78 is 20.2. The largest absolute Gasteiger partial charge is 0.508 e. The Kier molecular flexibility index (Phi) is 8.64. The molecule has 1 heterocycles. The number of ether oxygens (including phenoxy) is 1. The van der Waals surface area contributed by atoms with Crippen molar-refractivity contribution in [3.8, 4) is 5.75 Å². The number of primary amides is 1. The van der Waals surface area contributed by atoms with Crippen LogP contribution >= 0.6 is 0 Å². The molecule has 1 fully saturated rings. The molecule has 0 saturated carbocycles. The lowest BCUT2D eigenvalue weighted by atomic mass is 9.66. The highest BCUT2D eigenvalue weighted by Crippen LogP contribution is 2.44. The average Bonchev–Trinajstić information content (AvgIpc) is 2.84. The highest BCUT2D eigenvalue weighted by molar-refractivity contribution is 5.99. The van der Waals surface area contributed by atoms with Gasteiger partial charge in [-0.1, -0.05) is 24.3 Å². The van der Waals surface area contributed by atoms with Crippen molar-refractivity contribution in [2.75, 3.05) is 26.8 Å². The third kappa shape index (κ3) is 5.89. The third-order valence-corrected chi connectivity index (χ3v) is 7.38. The molecule has 0 spiro atoms. The summed E-state index contributed by atoms with van der Waals surface area (Å²) in [7, 11) is 1.47. The van der Waals surface area contributed by atoms with E-state index in [1.165, 1.54) is 25.3 Å². The fourth-order valence-electron chi connectivity index (χ4n) is 5.27. The van der Waals surface area contributed by atoms with Crippen molar-refractivity contribution in [3.63, 3.8) is 0 Å². The molecule has 1 saturated heterocycles. The van der Waals surface area contributed by atoms with Crippen molar-refractivity contribution in [2.45, 2.75) is 38.7 Å². The van der Waals surface area contributed by atoms with Crippen LogP contribution in [-0.4, -0.2) is 54.8 Å². The summed E-state index contributed by atoms with van der Waals surface area (Å²) in [4.78, 5) is 25.4. The second kappa shape index (κ2) is 11.3. The minimum atomic E-state index is -1.13. The number of nitrogens with one attached hydrogen (secondary N) is 1. The smallest absolute Gasteiger partial charge is 0.225 e. The second-order valence-electron chi connectivity index (χ2n) is 9.82. The average molecular weight is 487 g/mol. The van der Waals surface area contributed by atoms with Crippen molar-refractivity contribution < 1.29 is 28.9 Å². The van der Waals surface area contributed by atoms with Crippen molar-refractivity contribution in [3.05, 3.63) is 65.0 Å². The van der Waals surface area contributed by atoms with Crippen LogP contribution in [0.15, 0.2) is 42.5 Å². The molecular formula is C27H35FN2O5. The summed E-state index contributed by atoms with van der Waals surface area (Å²) in [5.74, 6) is -1.65. The molecule has 2 aromatic rings. The number of amides is 1. The number of ketones is 1. The molecule has 2 unspecified atom stereocenters. The van der Waals surface area contributed by atoms with Crippen LogP contribution < -0.4 is 11.1 Å². The first-order valence-corrected chi connectivity index (χ1v) is 11.8. The van der Waals surface area contributed by atoms with Crippen molar-refractivity contribution in [2.24, 2.45) is 23.0 Å². The Morgan fingerprint density at radius 1 is 1.23 bits per heavy atom.